The maximum Gasteiger partial charge on any atom is 0.131 e. The Hall–Kier alpha value is -1.87. The molecule has 110 valence electrons. The van der Waals surface area contributed by atoms with E-state index in [1.165, 1.54) is 17.2 Å². The highest BCUT2D eigenvalue weighted by atomic mass is 19.1. The average Bonchev–Trinajstić information content (AvgIpc) is 2.69. The monoisotopic (exact) mass is 285 g/mol. The van der Waals surface area contributed by atoms with E-state index in [2.05, 4.69) is 29.2 Å². The Morgan fingerprint density at radius 1 is 1.05 bits per heavy atom. The molecule has 1 atom stereocenters. The van der Waals surface area contributed by atoms with Crippen LogP contribution < -0.4 is 0 Å². The van der Waals surface area contributed by atoms with Crippen LogP contribution in [0.2, 0.25) is 0 Å². The summed E-state index contributed by atoms with van der Waals surface area (Å²) in [4.78, 5) is 2.31. The van der Waals surface area contributed by atoms with Gasteiger partial charge in [-0.2, -0.15) is 0 Å². The summed E-state index contributed by atoms with van der Waals surface area (Å²) in [5.41, 5.74) is 3.45. The second-order valence-corrected chi connectivity index (χ2v) is 5.69. The van der Waals surface area contributed by atoms with E-state index >= 15 is 0 Å². The van der Waals surface area contributed by atoms with Crippen LogP contribution in [0.3, 0.4) is 0 Å². The van der Waals surface area contributed by atoms with E-state index in [9.17, 15) is 9.50 Å². The van der Waals surface area contributed by atoms with E-state index < -0.39 is 0 Å². The fraction of sp³-hybridized carbons (Fsp3) is 0.333. The fourth-order valence-electron chi connectivity index (χ4n) is 3.12. The minimum Gasteiger partial charge on any atom is -0.508 e. The predicted octanol–water partition coefficient (Wildman–Crippen LogP) is 3.69. The third kappa shape index (κ3) is 2.93. The van der Waals surface area contributed by atoms with Crippen molar-refractivity contribution in [3.8, 4) is 5.75 Å². The molecular formula is C18H20FNO. The molecular weight excluding hydrogens is 265 g/mol. The van der Waals surface area contributed by atoms with Gasteiger partial charge in [-0.15, -0.1) is 0 Å². The van der Waals surface area contributed by atoms with Crippen molar-refractivity contribution >= 4 is 0 Å². The van der Waals surface area contributed by atoms with E-state index in [1.807, 2.05) is 6.92 Å². The Labute approximate surface area is 124 Å². The highest BCUT2D eigenvalue weighted by Crippen LogP contribution is 2.27. The number of hydrogen-bond donors (Lipinski definition) is 1. The molecule has 1 aliphatic heterocycles. The third-order valence-electron chi connectivity index (χ3n) is 4.44. The lowest BCUT2D eigenvalue weighted by Gasteiger charge is -2.28. The number of hydrogen-bond acceptors (Lipinski definition) is 2. The molecule has 0 bridgehead atoms. The van der Waals surface area contributed by atoms with Gasteiger partial charge >= 0.3 is 0 Å². The van der Waals surface area contributed by atoms with Gasteiger partial charge in [0.2, 0.25) is 0 Å². The van der Waals surface area contributed by atoms with E-state index in [0.29, 0.717) is 5.56 Å². The molecule has 21 heavy (non-hydrogen) atoms. The van der Waals surface area contributed by atoms with Gasteiger partial charge in [0.05, 0.1) is 0 Å². The molecule has 1 aliphatic rings. The van der Waals surface area contributed by atoms with Crippen LogP contribution in [-0.4, -0.2) is 23.1 Å². The van der Waals surface area contributed by atoms with E-state index in [0.717, 1.165) is 25.9 Å². The first kappa shape index (κ1) is 14.1. The summed E-state index contributed by atoms with van der Waals surface area (Å²) in [6.45, 7) is 3.89. The standard InChI is InChI=1S/C18H20FNO/c1-13(17-7-6-16(21)12-18(17)19)20-10-8-14-4-2-3-5-15(14)9-11-20/h2-7,12-13,21H,8-11H2,1H3. The second-order valence-electron chi connectivity index (χ2n) is 5.69. The molecule has 2 aromatic rings. The van der Waals surface area contributed by atoms with Crippen molar-refractivity contribution in [2.45, 2.75) is 25.8 Å². The minimum absolute atomic E-state index is 0.0138. The SMILES string of the molecule is CC(c1ccc(O)cc1F)N1CCc2ccccc2CC1. The van der Waals surface area contributed by atoms with E-state index in [4.69, 9.17) is 0 Å². The van der Waals surface area contributed by atoms with Crippen LogP contribution >= 0.6 is 0 Å². The van der Waals surface area contributed by atoms with Gasteiger partial charge in [0, 0.05) is 30.8 Å². The highest BCUT2D eigenvalue weighted by Gasteiger charge is 2.21. The highest BCUT2D eigenvalue weighted by molar-refractivity contribution is 5.31. The topological polar surface area (TPSA) is 23.5 Å². The molecule has 0 aromatic heterocycles. The molecule has 1 heterocycles. The van der Waals surface area contributed by atoms with Gasteiger partial charge in [-0.25, -0.2) is 4.39 Å². The van der Waals surface area contributed by atoms with Gasteiger partial charge in [-0.05, 0) is 37.0 Å². The largest absolute Gasteiger partial charge is 0.508 e. The molecule has 3 rings (SSSR count). The van der Waals surface area contributed by atoms with E-state index in [1.54, 1.807) is 12.1 Å². The first-order chi connectivity index (χ1) is 10.1. The van der Waals surface area contributed by atoms with Gasteiger partial charge in [0.1, 0.15) is 11.6 Å². The van der Waals surface area contributed by atoms with Gasteiger partial charge in [-0.1, -0.05) is 30.3 Å². The lowest BCUT2D eigenvalue weighted by molar-refractivity contribution is 0.217. The molecule has 0 fully saturated rings. The first-order valence-electron chi connectivity index (χ1n) is 7.44. The fourth-order valence-corrected chi connectivity index (χ4v) is 3.12. The number of aromatic hydroxyl groups is 1. The van der Waals surface area contributed by atoms with Gasteiger partial charge in [0.15, 0.2) is 0 Å². The normalized spacial score (nSPS) is 17.0. The Morgan fingerprint density at radius 2 is 1.67 bits per heavy atom. The van der Waals surface area contributed by atoms with Crippen molar-refractivity contribution in [2.24, 2.45) is 0 Å². The molecule has 0 saturated heterocycles. The summed E-state index contributed by atoms with van der Waals surface area (Å²) in [6.07, 6.45) is 2.00. The molecule has 0 amide bonds. The number of nitrogens with zero attached hydrogens (tertiary/aromatic N) is 1. The Kier molecular flexibility index (Phi) is 3.93. The van der Waals surface area contributed by atoms with Crippen molar-refractivity contribution in [2.75, 3.05) is 13.1 Å². The van der Waals surface area contributed by atoms with Crippen LogP contribution in [0, 0.1) is 5.82 Å². The summed E-state index contributed by atoms with van der Waals surface area (Å²) >= 11 is 0. The Morgan fingerprint density at radius 3 is 2.24 bits per heavy atom. The molecule has 1 N–H and O–H groups in total. The molecule has 0 spiro atoms. The van der Waals surface area contributed by atoms with Gasteiger partial charge in [-0.3, -0.25) is 4.90 Å². The summed E-state index contributed by atoms with van der Waals surface area (Å²) in [5, 5.41) is 9.34. The van der Waals surface area contributed by atoms with Crippen LogP contribution in [0.1, 0.15) is 29.7 Å². The predicted molar refractivity (Wildman–Crippen MR) is 81.9 cm³/mol. The van der Waals surface area contributed by atoms with E-state index in [-0.39, 0.29) is 17.6 Å². The number of fused-ring (bicyclic) bond motifs is 1. The van der Waals surface area contributed by atoms with Crippen LogP contribution in [0.15, 0.2) is 42.5 Å². The lowest BCUT2D eigenvalue weighted by Crippen LogP contribution is -2.30. The molecule has 2 aromatic carbocycles. The van der Waals surface area contributed by atoms with Crippen molar-refractivity contribution in [3.05, 3.63) is 65.0 Å². The Balaban J connectivity index is 1.79. The maximum absolute atomic E-state index is 14.0. The van der Waals surface area contributed by atoms with Gasteiger partial charge in [0.25, 0.3) is 0 Å². The molecule has 0 saturated carbocycles. The van der Waals surface area contributed by atoms with Crippen LogP contribution in [0.5, 0.6) is 5.75 Å². The summed E-state index contributed by atoms with van der Waals surface area (Å²) in [5.74, 6) is -0.351. The zero-order chi connectivity index (χ0) is 14.8. The van der Waals surface area contributed by atoms with Crippen LogP contribution in [-0.2, 0) is 12.8 Å². The molecule has 0 aliphatic carbocycles. The summed E-state index contributed by atoms with van der Waals surface area (Å²) in [6, 6.07) is 13.0. The number of benzene rings is 2. The number of phenols is 1. The van der Waals surface area contributed by atoms with Crippen molar-refractivity contribution in [3.63, 3.8) is 0 Å². The second kappa shape index (κ2) is 5.86. The number of halogens is 1. The van der Waals surface area contributed by atoms with Crippen molar-refractivity contribution in [1.29, 1.82) is 0 Å². The molecule has 2 nitrogen and oxygen atoms in total. The minimum atomic E-state index is -0.329. The lowest BCUT2D eigenvalue weighted by atomic mass is 10.0. The smallest absolute Gasteiger partial charge is 0.131 e. The zero-order valence-electron chi connectivity index (χ0n) is 12.2. The molecule has 1 unspecified atom stereocenters. The van der Waals surface area contributed by atoms with Crippen molar-refractivity contribution in [1.82, 2.24) is 4.90 Å². The average molecular weight is 285 g/mol. The Bertz CT molecular complexity index is 614. The number of phenolic OH excluding ortho intramolecular Hbond substituents is 1. The third-order valence-corrected chi connectivity index (χ3v) is 4.44. The van der Waals surface area contributed by atoms with Crippen LogP contribution in [0.25, 0.3) is 0 Å². The van der Waals surface area contributed by atoms with Crippen LogP contribution in [0.4, 0.5) is 4.39 Å². The van der Waals surface area contributed by atoms with Gasteiger partial charge < -0.3 is 5.11 Å². The summed E-state index contributed by atoms with van der Waals surface area (Å²) < 4.78 is 14.0. The molecule has 0 radical (unpaired) electrons. The zero-order valence-corrected chi connectivity index (χ0v) is 12.2. The first-order valence-corrected chi connectivity index (χ1v) is 7.44. The maximum atomic E-state index is 14.0. The summed E-state index contributed by atoms with van der Waals surface area (Å²) in [7, 11) is 0. The molecule has 3 heteroatoms. The van der Waals surface area contributed by atoms with Crippen molar-refractivity contribution < 1.29 is 9.50 Å². The quantitative estimate of drug-likeness (QED) is 0.909. The number of rotatable bonds is 2.